The Morgan fingerprint density at radius 2 is 1.71 bits per heavy atom. The minimum Gasteiger partial charge on any atom is -0.376 e. The summed E-state index contributed by atoms with van der Waals surface area (Å²) in [7, 11) is 2.08. The number of fused-ring (bicyclic) bond motifs is 3. The van der Waals surface area contributed by atoms with Crippen LogP contribution >= 0.6 is 0 Å². The van der Waals surface area contributed by atoms with E-state index >= 15 is 0 Å². The third kappa shape index (κ3) is 3.11. The van der Waals surface area contributed by atoms with Gasteiger partial charge < -0.3 is 9.88 Å². The number of hydrogen-bond acceptors (Lipinski definition) is 5. The van der Waals surface area contributed by atoms with Crippen molar-refractivity contribution < 1.29 is 0 Å². The summed E-state index contributed by atoms with van der Waals surface area (Å²) in [6.45, 7) is 0. The molecule has 5 aromatic rings. The lowest BCUT2D eigenvalue weighted by atomic mass is 9.94. The molecule has 1 atom stereocenters. The van der Waals surface area contributed by atoms with Gasteiger partial charge in [0, 0.05) is 54.8 Å². The van der Waals surface area contributed by atoms with Crippen molar-refractivity contribution in [2.24, 2.45) is 7.05 Å². The molecule has 1 aliphatic carbocycles. The molecule has 6 rings (SSSR count). The molecule has 1 unspecified atom stereocenters. The van der Waals surface area contributed by atoms with Crippen LogP contribution in [0.15, 0.2) is 67.4 Å². The summed E-state index contributed by atoms with van der Waals surface area (Å²) in [6, 6.07) is 13.1. The number of hydrogen-bond donors (Lipinski definition) is 1. The second-order valence-corrected chi connectivity index (χ2v) is 8.12. The molecule has 2 aromatic carbocycles. The Bertz CT molecular complexity index is 1420. The van der Waals surface area contributed by atoms with Gasteiger partial charge in [0.15, 0.2) is 0 Å². The lowest BCUT2D eigenvalue weighted by molar-refractivity contribution is 0.571. The molecule has 0 saturated carbocycles. The van der Waals surface area contributed by atoms with Gasteiger partial charge in [-0.05, 0) is 54.5 Å². The Kier molecular flexibility index (Phi) is 4.16. The lowest BCUT2D eigenvalue weighted by Crippen LogP contribution is -2.20. The van der Waals surface area contributed by atoms with Crippen LogP contribution in [0.2, 0.25) is 0 Å². The van der Waals surface area contributed by atoms with E-state index in [2.05, 4.69) is 79.5 Å². The van der Waals surface area contributed by atoms with Gasteiger partial charge in [0.25, 0.3) is 0 Å². The maximum Gasteiger partial charge on any atom is 0.0907 e. The number of benzene rings is 2. The minimum atomic E-state index is 0.129. The van der Waals surface area contributed by atoms with E-state index in [9.17, 15) is 0 Å². The van der Waals surface area contributed by atoms with Crippen LogP contribution in [-0.2, 0) is 13.5 Å². The monoisotopic (exact) mass is 406 g/mol. The maximum atomic E-state index is 4.65. The summed E-state index contributed by atoms with van der Waals surface area (Å²) in [5.41, 5.74) is 8.44. The predicted octanol–water partition coefficient (Wildman–Crippen LogP) is 5.07. The molecular weight excluding hydrogens is 384 g/mol. The highest BCUT2D eigenvalue weighted by Crippen LogP contribution is 2.37. The molecule has 6 nitrogen and oxygen atoms in total. The highest BCUT2D eigenvalue weighted by atomic mass is 15.0. The van der Waals surface area contributed by atoms with E-state index < -0.39 is 0 Å². The molecule has 6 heteroatoms. The first-order valence-electron chi connectivity index (χ1n) is 10.6. The van der Waals surface area contributed by atoms with Crippen LogP contribution in [0.25, 0.3) is 33.1 Å². The zero-order valence-corrected chi connectivity index (χ0v) is 17.3. The van der Waals surface area contributed by atoms with Gasteiger partial charge in [-0.15, -0.1) is 0 Å². The van der Waals surface area contributed by atoms with Crippen molar-refractivity contribution in [2.45, 2.75) is 25.3 Å². The van der Waals surface area contributed by atoms with Crippen molar-refractivity contribution in [1.29, 1.82) is 0 Å². The van der Waals surface area contributed by atoms with E-state index in [1.807, 2.05) is 0 Å². The number of nitrogens with one attached hydrogen (secondary N) is 1. The van der Waals surface area contributed by atoms with Gasteiger partial charge in [-0.25, -0.2) is 0 Å². The van der Waals surface area contributed by atoms with Gasteiger partial charge in [0.05, 0.1) is 28.5 Å². The third-order valence-corrected chi connectivity index (χ3v) is 6.18. The fraction of sp³-hybridized carbons (Fsp3) is 0.200. The molecule has 3 heterocycles. The standard InChI is InChI=1S/C25H22N6/c1-31-12-7-16-5-6-17(13-24(16)31)18-14-22-23(28-9-8-27-22)15-21(18)30-20-4-2-3-19-25(20)29-11-10-26-19/h5-15,20,30H,2-4H2,1H3. The second kappa shape index (κ2) is 7.16. The molecule has 0 fully saturated rings. The Balaban J connectivity index is 1.51. The molecule has 1 aliphatic rings. The van der Waals surface area contributed by atoms with Crippen LogP contribution in [-0.4, -0.2) is 24.5 Å². The Morgan fingerprint density at radius 3 is 2.61 bits per heavy atom. The summed E-state index contributed by atoms with van der Waals surface area (Å²) in [6.07, 6.45) is 12.3. The van der Waals surface area contributed by atoms with E-state index in [0.29, 0.717) is 0 Å². The molecule has 0 amide bonds. The van der Waals surface area contributed by atoms with Crippen LogP contribution in [0.5, 0.6) is 0 Å². The van der Waals surface area contributed by atoms with Crippen molar-refractivity contribution in [2.75, 3.05) is 5.32 Å². The molecule has 0 radical (unpaired) electrons. The zero-order valence-electron chi connectivity index (χ0n) is 17.3. The number of anilines is 1. The summed E-state index contributed by atoms with van der Waals surface area (Å²) in [5.74, 6) is 0. The van der Waals surface area contributed by atoms with Gasteiger partial charge in [-0.3, -0.25) is 19.9 Å². The Labute approximate surface area is 180 Å². The molecule has 152 valence electrons. The number of aryl methyl sites for hydroxylation is 2. The van der Waals surface area contributed by atoms with Crippen molar-refractivity contribution in [1.82, 2.24) is 24.5 Å². The molecule has 0 saturated heterocycles. The molecule has 0 spiro atoms. The van der Waals surface area contributed by atoms with E-state index in [-0.39, 0.29) is 6.04 Å². The summed E-state index contributed by atoms with van der Waals surface area (Å²) in [5, 5.41) is 5.01. The van der Waals surface area contributed by atoms with Gasteiger partial charge in [0.1, 0.15) is 0 Å². The quantitative estimate of drug-likeness (QED) is 0.453. The zero-order chi connectivity index (χ0) is 20.8. The number of aromatic nitrogens is 5. The SMILES string of the molecule is Cn1ccc2ccc(-c3cc4nccnc4cc3NC3CCCc4nccnc43)cc21. The first kappa shape index (κ1) is 18.0. The minimum absolute atomic E-state index is 0.129. The van der Waals surface area contributed by atoms with Crippen molar-refractivity contribution in [3.8, 4) is 11.1 Å². The summed E-state index contributed by atoms with van der Waals surface area (Å²) < 4.78 is 2.15. The van der Waals surface area contributed by atoms with Crippen LogP contribution in [0, 0.1) is 0 Å². The molecule has 0 bridgehead atoms. The lowest BCUT2D eigenvalue weighted by Gasteiger charge is -2.26. The fourth-order valence-corrected chi connectivity index (χ4v) is 4.60. The average molecular weight is 406 g/mol. The number of rotatable bonds is 3. The highest BCUT2D eigenvalue weighted by molar-refractivity contribution is 5.93. The van der Waals surface area contributed by atoms with E-state index in [1.54, 1.807) is 24.8 Å². The van der Waals surface area contributed by atoms with Crippen molar-refractivity contribution in [3.63, 3.8) is 0 Å². The molecule has 31 heavy (non-hydrogen) atoms. The Hall–Kier alpha value is -3.80. The van der Waals surface area contributed by atoms with Gasteiger partial charge >= 0.3 is 0 Å². The summed E-state index contributed by atoms with van der Waals surface area (Å²) in [4.78, 5) is 18.3. The van der Waals surface area contributed by atoms with Gasteiger partial charge in [-0.2, -0.15) is 0 Å². The van der Waals surface area contributed by atoms with E-state index in [4.69, 9.17) is 0 Å². The number of nitrogens with zero attached hydrogens (tertiary/aromatic N) is 5. The van der Waals surface area contributed by atoms with E-state index in [1.165, 1.54) is 10.9 Å². The largest absolute Gasteiger partial charge is 0.376 e. The summed E-state index contributed by atoms with van der Waals surface area (Å²) >= 11 is 0. The highest BCUT2D eigenvalue weighted by Gasteiger charge is 2.23. The van der Waals surface area contributed by atoms with Crippen LogP contribution in [0.3, 0.4) is 0 Å². The van der Waals surface area contributed by atoms with Crippen molar-refractivity contribution in [3.05, 3.63) is 78.8 Å². The fourth-order valence-electron chi connectivity index (χ4n) is 4.60. The second-order valence-electron chi connectivity index (χ2n) is 8.12. The first-order valence-corrected chi connectivity index (χ1v) is 10.6. The first-order chi connectivity index (χ1) is 15.3. The smallest absolute Gasteiger partial charge is 0.0907 e. The Morgan fingerprint density at radius 1 is 0.903 bits per heavy atom. The average Bonchev–Trinajstić information content (AvgIpc) is 3.19. The molecule has 1 N–H and O–H groups in total. The third-order valence-electron chi connectivity index (χ3n) is 6.18. The van der Waals surface area contributed by atoms with Crippen molar-refractivity contribution >= 4 is 27.6 Å². The topological polar surface area (TPSA) is 68.5 Å². The normalized spacial score (nSPS) is 15.8. The van der Waals surface area contributed by atoms with Crippen LogP contribution in [0.1, 0.15) is 30.3 Å². The van der Waals surface area contributed by atoms with Gasteiger partial charge in [-0.1, -0.05) is 12.1 Å². The van der Waals surface area contributed by atoms with Crippen LogP contribution in [0.4, 0.5) is 5.69 Å². The van der Waals surface area contributed by atoms with Gasteiger partial charge in [0.2, 0.25) is 0 Å². The van der Waals surface area contributed by atoms with Crippen LogP contribution < -0.4 is 5.32 Å². The molecular formula is C25H22N6. The maximum absolute atomic E-state index is 4.65. The van der Waals surface area contributed by atoms with E-state index in [0.717, 1.165) is 58.5 Å². The predicted molar refractivity (Wildman–Crippen MR) is 123 cm³/mol. The molecule has 0 aliphatic heterocycles. The molecule has 3 aromatic heterocycles.